The van der Waals surface area contributed by atoms with Gasteiger partial charge in [-0.25, -0.2) is 18.3 Å². The molecular formula is C29H31F2N7O. The molecule has 39 heavy (non-hydrogen) atoms. The number of aryl methyl sites for hydroxylation is 1. The number of rotatable bonds is 5. The van der Waals surface area contributed by atoms with E-state index < -0.39 is 11.6 Å². The van der Waals surface area contributed by atoms with Gasteiger partial charge in [-0.1, -0.05) is 0 Å². The molecule has 2 aromatic heterocycles. The number of piperazine rings is 1. The minimum atomic E-state index is -0.464. The van der Waals surface area contributed by atoms with Crippen LogP contribution in [0.25, 0.3) is 5.65 Å². The lowest BCUT2D eigenvalue weighted by Gasteiger charge is -2.35. The summed E-state index contributed by atoms with van der Waals surface area (Å²) in [6, 6.07) is 10.8. The lowest BCUT2D eigenvalue weighted by atomic mass is 10.0. The van der Waals surface area contributed by atoms with Gasteiger partial charge in [0.05, 0.1) is 12.2 Å². The third-order valence-electron chi connectivity index (χ3n) is 7.77. The summed E-state index contributed by atoms with van der Waals surface area (Å²) in [5.41, 5.74) is 4.05. The van der Waals surface area contributed by atoms with Gasteiger partial charge in [-0.15, -0.1) is 0 Å². The number of carbonyl (C=O) groups is 1. The molecule has 4 aromatic rings. The summed E-state index contributed by atoms with van der Waals surface area (Å²) in [5.74, 6) is -0.516. The molecule has 0 aliphatic carbocycles. The number of likely N-dealkylation sites (N-methyl/N-ethyl adjacent to an activating group) is 1. The monoisotopic (exact) mass is 531 g/mol. The van der Waals surface area contributed by atoms with E-state index in [-0.39, 0.29) is 11.9 Å². The average molecular weight is 532 g/mol. The maximum Gasteiger partial charge on any atom is 0.255 e. The second kappa shape index (κ2) is 10.3. The van der Waals surface area contributed by atoms with Crippen LogP contribution in [0.3, 0.4) is 0 Å². The molecule has 6 rings (SSSR count). The smallest absolute Gasteiger partial charge is 0.255 e. The first-order valence-electron chi connectivity index (χ1n) is 13.3. The van der Waals surface area contributed by atoms with E-state index in [1.165, 1.54) is 12.1 Å². The molecule has 1 amide bonds. The summed E-state index contributed by atoms with van der Waals surface area (Å²) in [4.78, 5) is 24.6. The standard InChI is InChI=1S/C29H31F2N7O/c1-19-16-20(5-8-25(19)36-14-12-35(2)13-15-36)29(39)33-24-18-32-38-11-9-27(34-28(24)38)37-10-3-4-26(37)22-17-21(30)6-7-23(22)31/h5-9,11,16-18,26H,3-4,10,12-15H2,1-2H3,(H,33,39). The van der Waals surface area contributed by atoms with Crippen LogP contribution in [0.2, 0.25) is 0 Å². The van der Waals surface area contributed by atoms with Crippen molar-refractivity contribution in [2.75, 3.05) is 54.9 Å². The first-order chi connectivity index (χ1) is 18.9. The number of nitrogens with zero attached hydrogens (tertiary/aromatic N) is 6. The van der Waals surface area contributed by atoms with E-state index in [4.69, 9.17) is 4.98 Å². The van der Waals surface area contributed by atoms with E-state index in [9.17, 15) is 13.6 Å². The lowest BCUT2D eigenvalue weighted by Crippen LogP contribution is -2.44. The molecule has 2 aliphatic heterocycles. The Morgan fingerprint density at radius 3 is 2.64 bits per heavy atom. The fourth-order valence-corrected chi connectivity index (χ4v) is 5.64. The quantitative estimate of drug-likeness (QED) is 0.404. The van der Waals surface area contributed by atoms with Crippen LogP contribution in [0.4, 0.5) is 26.0 Å². The summed E-state index contributed by atoms with van der Waals surface area (Å²) in [5, 5.41) is 7.29. The Labute approximate surface area is 225 Å². The van der Waals surface area contributed by atoms with Gasteiger partial charge in [0.2, 0.25) is 0 Å². The van der Waals surface area contributed by atoms with Crippen molar-refractivity contribution in [2.45, 2.75) is 25.8 Å². The Balaban J connectivity index is 1.23. The summed E-state index contributed by atoms with van der Waals surface area (Å²) < 4.78 is 30.1. The molecule has 1 unspecified atom stereocenters. The van der Waals surface area contributed by atoms with Gasteiger partial charge in [-0.3, -0.25) is 4.79 Å². The summed E-state index contributed by atoms with van der Waals surface area (Å²) in [6.07, 6.45) is 4.86. The van der Waals surface area contributed by atoms with E-state index in [1.807, 2.05) is 36.1 Å². The highest BCUT2D eigenvalue weighted by Gasteiger charge is 2.30. The number of amides is 1. The molecule has 0 bridgehead atoms. The molecule has 0 saturated carbocycles. The van der Waals surface area contributed by atoms with Gasteiger partial charge < -0.3 is 20.0 Å². The molecular weight excluding hydrogens is 500 g/mol. The lowest BCUT2D eigenvalue weighted by molar-refractivity contribution is 0.102. The number of anilines is 3. The van der Waals surface area contributed by atoms with Gasteiger partial charge in [0.15, 0.2) is 5.65 Å². The van der Waals surface area contributed by atoms with E-state index >= 15 is 0 Å². The van der Waals surface area contributed by atoms with Crippen molar-refractivity contribution in [1.82, 2.24) is 19.5 Å². The molecule has 2 fully saturated rings. The fraction of sp³-hybridized carbons (Fsp3) is 0.345. The second-order valence-electron chi connectivity index (χ2n) is 10.4. The molecule has 0 spiro atoms. The zero-order valence-electron chi connectivity index (χ0n) is 22.1. The van der Waals surface area contributed by atoms with Crippen molar-refractivity contribution >= 4 is 28.7 Å². The first kappa shape index (κ1) is 25.2. The van der Waals surface area contributed by atoms with Crippen molar-refractivity contribution in [2.24, 2.45) is 0 Å². The molecule has 4 heterocycles. The number of carbonyl (C=O) groups excluding carboxylic acids is 1. The Morgan fingerprint density at radius 2 is 1.85 bits per heavy atom. The normalized spacial score (nSPS) is 18.2. The molecule has 1 atom stereocenters. The zero-order chi connectivity index (χ0) is 27.1. The Kier molecular flexibility index (Phi) is 6.64. The van der Waals surface area contributed by atoms with E-state index in [0.717, 1.165) is 49.9 Å². The van der Waals surface area contributed by atoms with Crippen LogP contribution < -0.4 is 15.1 Å². The number of hydrogen-bond donors (Lipinski definition) is 1. The Bertz CT molecular complexity index is 1530. The molecule has 2 aliphatic rings. The largest absolute Gasteiger partial charge is 0.369 e. The molecule has 0 radical (unpaired) electrons. The number of hydrogen-bond acceptors (Lipinski definition) is 6. The van der Waals surface area contributed by atoms with Gasteiger partial charge in [-0.05, 0) is 74.8 Å². The predicted octanol–water partition coefficient (Wildman–Crippen LogP) is 4.66. The maximum absolute atomic E-state index is 14.6. The minimum absolute atomic E-state index is 0.244. The SMILES string of the molecule is Cc1cc(C(=O)Nc2cnn3ccc(N4CCCC4c4cc(F)ccc4F)nc23)ccc1N1CCN(C)CC1. The van der Waals surface area contributed by atoms with Crippen molar-refractivity contribution in [3.8, 4) is 0 Å². The van der Waals surface area contributed by atoms with Crippen LogP contribution >= 0.6 is 0 Å². The molecule has 10 heteroatoms. The number of halogens is 2. The summed E-state index contributed by atoms with van der Waals surface area (Å²) >= 11 is 0. The van der Waals surface area contributed by atoms with Gasteiger partial charge >= 0.3 is 0 Å². The van der Waals surface area contributed by atoms with Crippen LogP contribution in [0.5, 0.6) is 0 Å². The zero-order valence-corrected chi connectivity index (χ0v) is 22.1. The minimum Gasteiger partial charge on any atom is -0.369 e. The Morgan fingerprint density at radius 1 is 1.03 bits per heavy atom. The van der Waals surface area contributed by atoms with E-state index in [1.54, 1.807) is 16.9 Å². The van der Waals surface area contributed by atoms with Crippen LogP contribution in [0, 0.1) is 18.6 Å². The molecule has 1 N–H and O–H groups in total. The third-order valence-corrected chi connectivity index (χ3v) is 7.77. The fourth-order valence-electron chi connectivity index (χ4n) is 5.64. The number of nitrogens with one attached hydrogen (secondary N) is 1. The maximum atomic E-state index is 14.6. The average Bonchev–Trinajstić information content (AvgIpc) is 3.58. The molecule has 8 nitrogen and oxygen atoms in total. The van der Waals surface area contributed by atoms with E-state index in [2.05, 4.69) is 27.3 Å². The van der Waals surface area contributed by atoms with Gasteiger partial charge in [0, 0.05) is 55.7 Å². The van der Waals surface area contributed by atoms with Crippen LogP contribution in [0.1, 0.15) is 40.4 Å². The van der Waals surface area contributed by atoms with Crippen LogP contribution in [0.15, 0.2) is 54.9 Å². The van der Waals surface area contributed by atoms with Crippen molar-refractivity contribution in [1.29, 1.82) is 0 Å². The highest BCUT2D eigenvalue weighted by atomic mass is 19.1. The number of benzene rings is 2. The second-order valence-corrected chi connectivity index (χ2v) is 10.4. The van der Waals surface area contributed by atoms with Crippen molar-refractivity contribution in [3.05, 3.63) is 83.2 Å². The Hall–Kier alpha value is -4.05. The van der Waals surface area contributed by atoms with Gasteiger partial charge in [0.1, 0.15) is 23.1 Å². The van der Waals surface area contributed by atoms with Crippen molar-refractivity contribution < 1.29 is 13.6 Å². The first-order valence-corrected chi connectivity index (χ1v) is 13.3. The third kappa shape index (κ3) is 4.92. The van der Waals surface area contributed by atoms with Gasteiger partial charge in [-0.2, -0.15) is 5.10 Å². The van der Waals surface area contributed by atoms with Crippen LogP contribution in [-0.2, 0) is 0 Å². The highest BCUT2D eigenvalue weighted by Crippen LogP contribution is 2.37. The van der Waals surface area contributed by atoms with Gasteiger partial charge in [0.25, 0.3) is 5.91 Å². The van der Waals surface area contributed by atoms with E-state index in [0.29, 0.717) is 41.2 Å². The number of fused-ring (bicyclic) bond motifs is 1. The molecule has 2 saturated heterocycles. The molecule has 2 aromatic carbocycles. The predicted molar refractivity (Wildman–Crippen MR) is 148 cm³/mol. The topological polar surface area (TPSA) is 69.0 Å². The van der Waals surface area contributed by atoms with Crippen molar-refractivity contribution in [3.63, 3.8) is 0 Å². The highest BCUT2D eigenvalue weighted by molar-refractivity contribution is 6.06. The number of aromatic nitrogens is 3. The summed E-state index contributed by atoms with van der Waals surface area (Å²) in [6.45, 7) is 6.65. The molecule has 202 valence electrons. The summed E-state index contributed by atoms with van der Waals surface area (Å²) in [7, 11) is 2.13. The van der Waals surface area contributed by atoms with Crippen LogP contribution in [-0.4, -0.2) is 65.2 Å².